The first-order valence-corrected chi connectivity index (χ1v) is 13.1. The fourth-order valence-corrected chi connectivity index (χ4v) is 5.79. The number of imide groups is 2. The molecule has 4 heterocycles. The smallest absolute Gasteiger partial charge is 0.262 e. The van der Waals surface area contributed by atoms with E-state index in [0.717, 1.165) is 75.8 Å². The molecule has 5 rings (SSSR count). The van der Waals surface area contributed by atoms with E-state index in [2.05, 4.69) is 25.3 Å². The van der Waals surface area contributed by atoms with Crippen LogP contribution < -0.4 is 15.5 Å². The van der Waals surface area contributed by atoms with Gasteiger partial charge in [-0.2, -0.15) is 0 Å². The van der Waals surface area contributed by atoms with Crippen molar-refractivity contribution in [3.05, 3.63) is 29.3 Å². The third-order valence-electron chi connectivity index (χ3n) is 8.10. The highest BCUT2D eigenvalue weighted by molar-refractivity contribution is 6.23. The Balaban J connectivity index is 1.14. The Kier molecular flexibility index (Phi) is 7.25. The SMILES string of the molecule is CNC(=O)C1CCN(CCN2CCN(c3ccc4c(c3)C(=O)N(C3CCC(=O)NC3=O)C4=O)CC2)CC1. The van der Waals surface area contributed by atoms with Gasteiger partial charge in [0.1, 0.15) is 6.04 Å². The number of nitrogens with zero attached hydrogens (tertiary/aromatic N) is 4. The second kappa shape index (κ2) is 10.6. The van der Waals surface area contributed by atoms with Crippen molar-refractivity contribution < 1.29 is 24.0 Å². The standard InChI is InChI=1S/C26H34N6O5/c1-27-23(34)17-6-8-29(9-7-17)10-11-30-12-14-31(15-13-30)18-2-3-19-20(16-18)26(37)32(25(19)36)21-4-5-22(33)28-24(21)35/h2-3,16-17,21H,4-15H2,1H3,(H,27,34)(H,28,33,35). The van der Waals surface area contributed by atoms with Gasteiger partial charge in [-0.3, -0.25) is 39.1 Å². The number of carbonyl (C=O) groups is 5. The van der Waals surface area contributed by atoms with Crippen LogP contribution in [0.5, 0.6) is 0 Å². The number of nitrogens with one attached hydrogen (secondary N) is 2. The van der Waals surface area contributed by atoms with Crippen molar-refractivity contribution in [3.8, 4) is 0 Å². The van der Waals surface area contributed by atoms with E-state index in [-0.39, 0.29) is 30.6 Å². The van der Waals surface area contributed by atoms with Crippen molar-refractivity contribution in [2.24, 2.45) is 5.92 Å². The van der Waals surface area contributed by atoms with Gasteiger partial charge in [0.05, 0.1) is 11.1 Å². The van der Waals surface area contributed by atoms with Gasteiger partial charge >= 0.3 is 0 Å². The van der Waals surface area contributed by atoms with Gasteiger partial charge in [0.25, 0.3) is 11.8 Å². The summed E-state index contributed by atoms with van der Waals surface area (Å²) in [5.74, 6) is -1.66. The number of rotatable bonds is 6. The number of likely N-dealkylation sites (tertiary alicyclic amines) is 1. The third kappa shape index (κ3) is 5.10. The van der Waals surface area contributed by atoms with Crippen LogP contribution in [-0.4, -0.2) is 110 Å². The minimum absolute atomic E-state index is 0.105. The van der Waals surface area contributed by atoms with E-state index in [0.29, 0.717) is 11.1 Å². The van der Waals surface area contributed by atoms with Crippen molar-refractivity contribution in [1.29, 1.82) is 0 Å². The number of hydrogen-bond acceptors (Lipinski definition) is 8. The van der Waals surface area contributed by atoms with E-state index >= 15 is 0 Å². The second-order valence-corrected chi connectivity index (χ2v) is 10.2. The zero-order chi connectivity index (χ0) is 26.1. The summed E-state index contributed by atoms with van der Waals surface area (Å²) in [5.41, 5.74) is 1.51. The lowest BCUT2D eigenvalue weighted by Crippen LogP contribution is -2.54. The van der Waals surface area contributed by atoms with Crippen LogP contribution in [0, 0.1) is 5.92 Å². The van der Waals surface area contributed by atoms with Gasteiger partial charge in [-0.05, 0) is 50.6 Å². The molecule has 1 atom stereocenters. The fraction of sp³-hybridized carbons (Fsp3) is 0.577. The maximum atomic E-state index is 13.1. The minimum Gasteiger partial charge on any atom is -0.369 e. The number of hydrogen-bond donors (Lipinski definition) is 2. The van der Waals surface area contributed by atoms with Crippen LogP contribution in [0.3, 0.4) is 0 Å². The van der Waals surface area contributed by atoms with Gasteiger partial charge in [0.15, 0.2) is 0 Å². The first kappa shape index (κ1) is 25.3. The molecule has 1 unspecified atom stereocenters. The molecule has 37 heavy (non-hydrogen) atoms. The maximum Gasteiger partial charge on any atom is 0.262 e. The summed E-state index contributed by atoms with van der Waals surface area (Å²) in [6.07, 6.45) is 2.08. The fourth-order valence-electron chi connectivity index (χ4n) is 5.79. The Labute approximate surface area is 216 Å². The molecule has 0 saturated carbocycles. The number of piperazine rings is 1. The Bertz CT molecular complexity index is 1110. The zero-order valence-corrected chi connectivity index (χ0v) is 21.2. The van der Waals surface area contributed by atoms with Gasteiger partial charge in [-0.15, -0.1) is 0 Å². The van der Waals surface area contributed by atoms with Gasteiger partial charge in [-0.1, -0.05) is 0 Å². The lowest BCUT2D eigenvalue weighted by molar-refractivity contribution is -0.136. The largest absolute Gasteiger partial charge is 0.369 e. The topological polar surface area (TPSA) is 122 Å². The maximum absolute atomic E-state index is 13.1. The molecule has 0 spiro atoms. The van der Waals surface area contributed by atoms with Gasteiger partial charge in [-0.25, -0.2) is 0 Å². The Morgan fingerprint density at radius 2 is 1.54 bits per heavy atom. The molecule has 4 aliphatic rings. The molecule has 1 aromatic rings. The predicted molar refractivity (Wildman–Crippen MR) is 135 cm³/mol. The van der Waals surface area contributed by atoms with Crippen molar-refractivity contribution in [2.45, 2.75) is 31.7 Å². The van der Waals surface area contributed by atoms with Crippen LogP contribution in [0.1, 0.15) is 46.4 Å². The molecule has 0 bridgehead atoms. The molecule has 11 nitrogen and oxygen atoms in total. The quantitative estimate of drug-likeness (QED) is 0.499. The molecule has 198 valence electrons. The van der Waals surface area contributed by atoms with E-state index in [1.165, 1.54) is 0 Å². The van der Waals surface area contributed by atoms with Gasteiger partial charge in [0.2, 0.25) is 17.7 Å². The molecule has 3 saturated heterocycles. The molecule has 0 radical (unpaired) electrons. The van der Waals surface area contributed by atoms with Crippen LogP contribution in [0.25, 0.3) is 0 Å². The molecule has 2 N–H and O–H groups in total. The average molecular weight is 511 g/mol. The molecule has 3 fully saturated rings. The summed E-state index contributed by atoms with van der Waals surface area (Å²) in [6, 6.07) is 4.34. The highest BCUT2D eigenvalue weighted by Crippen LogP contribution is 2.31. The molecular formula is C26H34N6O5. The number of benzene rings is 1. The van der Waals surface area contributed by atoms with Gasteiger partial charge in [0, 0.05) is 64.3 Å². The zero-order valence-electron chi connectivity index (χ0n) is 21.2. The van der Waals surface area contributed by atoms with E-state index in [9.17, 15) is 24.0 Å². The number of anilines is 1. The van der Waals surface area contributed by atoms with Crippen LogP contribution in [0.15, 0.2) is 18.2 Å². The normalized spacial score (nSPS) is 23.9. The van der Waals surface area contributed by atoms with Crippen LogP contribution in [0.4, 0.5) is 5.69 Å². The number of piperidine rings is 2. The highest BCUT2D eigenvalue weighted by atomic mass is 16.2. The van der Waals surface area contributed by atoms with Gasteiger partial charge < -0.3 is 15.1 Å². The molecular weight excluding hydrogens is 476 g/mol. The Morgan fingerprint density at radius 3 is 2.19 bits per heavy atom. The highest BCUT2D eigenvalue weighted by Gasteiger charge is 2.44. The van der Waals surface area contributed by atoms with Crippen LogP contribution in [-0.2, 0) is 14.4 Å². The van der Waals surface area contributed by atoms with Crippen molar-refractivity contribution in [2.75, 3.05) is 64.3 Å². The first-order chi connectivity index (χ1) is 17.9. The number of amides is 5. The molecule has 5 amide bonds. The van der Waals surface area contributed by atoms with E-state index in [4.69, 9.17) is 0 Å². The third-order valence-corrected chi connectivity index (χ3v) is 8.10. The molecule has 0 aliphatic carbocycles. The lowest BCUT2D eigenvalue weighted by atomic mass is 9.96. The van der Waals surface area contributed by atoms with Crippen LogP contribution in [0.2, 0.25) is 0 Å². The van der Waals surface area contributed by atoms with E-state index < -0.39 is 23.8 Å². The summed E-state index contributed by atoms with van der Waals surface area (Å²) >= 11 is 0. The summed E-state index contributed by atoms with van der Waals surface area (Å²) < 4.78 is 0. The monoisotopic (exact) mass is 510 g/mol. The average Bonchev–Trinajstić information content (AvgIpc) is 3.16. The lowest BCUT2D eigenvalue weighted by Gasteiger charge is -2.38. The Hall–Kier alpha value is -3.31. The molecule has 0 aromatic heterocycles. The number of carbonyl (C=O) groups excluding carboxylic acids is 5. The second-order valence-electron chi connectivity index (χ2n) is 10.2. The van der Waals surface area contributed by atoms with Crippen molar-refractivity contribution in [1.82, 2.24) is 25.3 Å². The predicted octanol–water partition coefficient (Wildman–Crippen LogP) is -0.332. The molecule has 1 aromatic carbocycles. The van der Waals surface area contributed by atoms with Crippen molar-refractivity contribution >= 4 is 35.2 Å². The van der Waals surface area contributed by atoms with E-state index in [1.54, 1.807) is 19.2 Å². The summed E-state index contributed by atoms with van der Waals surface area (Å²) in [6.45, 7) is 7.32. The molecule has 4 aliphatic heterocycles. The van der Waals surface area contributed by atoms with Crippen LogP contribution >= 0.6 is 0 Å². The first-order valence-electron chi connectivity index (χ1n) is 13.1. The number of fused-ring (bicyclic) bond motifs is 1. The summed E-state index contributed by atoms with van der Waals surface area (Å²) in [5, 5.41) is 4.98. The minimum atomic E-state index is -0.952. The van der Waals surface area contributed by atoms with Crippen molar-refractivity contribution in [3.63, 3.8) is 0 Å². The Morgan fingerprint density at radius 1 is 0.892 bits per heavy atom. The van der Waals surface area contributed by atoms with E-state index in [1.807, 2.05) is 6.07 Å². The summed E-state index contributed by atoms with van der Waals surface area (Å²) in [7, 11) is 1.70. The molecule has 11 heteroatoms. The summed E-state index contributed by atoms with van der Waals surface area (Å²) in [4.78, 5) is 69.7.